The molecule has 1 nitrogen and oxygen atoms in total. The van der Waals surface area contributed by atoms with Gasteiger partial charge in [-0.1, -0.05) is 25.8 Å². The Hall–Kier alpha value is -1.05. The Labute approximate surface area is 113 Å². The molecule has 0 aromatic heterocycles. The third-order valence-corrected chi connectivity index (χ3v) is 4.01. The topological polar surface area (TPSA) is 12.4 Å². The average Bonchev–Trinajstić information content (AvgIpc) is 2.34. The molecule has 0 heterocycles. The van der Waals surface area contributed by atoms with Crippen molar-refractivity contribution in [3.63, 3.8) is 0 Å². The largest absolute Gasteiger partial charge is 0.205 e. The standard InChI is InChI=1S/C15H18FNS/c1-10-3-5-12(6-4-10)13-7-11(2)15(17-9-18)14(16)8-13/h7-8,10,12H,3-6H2,1-2H3. The van der Waals surface area contributed by atoms with Crippen LogP contribution in [0, 0.1) is 18.7 Å². The molecule has 1 aliphatic rings. The van der Waals surface area contributed by atoms with Crippen molar-refractivity contribution in [2.45, 2.75) is 45.4 Å². The van der Waals surface area contributed by atoms with Gasteiger partial charge < -0.3 is 0 Å². The van der Waals surface area contributed by atoms with Gasteiger partial charge >= 0.3 is 0 Å². The summed E-state index contributed by atoms with van der Waals surface area (Å²) in [6.45, 7) is 4.17. The lowest BCUT2D eigenvalue weighted by Crippen LogP contribution is -2.11. The van der Waals surface area contributed by atoms with Crippen molar-refractivity contribution in [2.75, 3.05) is 0 Å². The van der Waals surface area contributed by atoms with E-state index in [9.17, 15) is 4.39 Å². The summed E-state index contributed by atoms with van der Waals surface area (Å²) in [5, 5.41) is 2.24. The van der Waals surface area contributed by atoms with Gasteiger partial charge in [-0.25, -0.2) is 4.39 Å². The van der Waals surface area contributed by atoms with Gasteiger partial charge in [0.15, 0.2) is 0 Å². The van der Waals surface area contributed by atoms with Crippen molar-refractivity contribution in [1.82, 2.24) is 0 Å². The lowest BCUT2D eigenvalue weighted by Gasteiger charge is -2.26. The number of benzene rings is 1. The van der Waals surface area contributed by atoms with Crippen LogP contribution in [0.4, 0.5) is 10.1 Å². The maximum absolute atomic E-state index is 13.9. The van der Waals surface area contributed by atoms with Gasteiger partial charge in [-0.05, 0) is 61.0 Å². The van der Waals surface area contributed by atoms with Gasteiger partial charge in [-0.2, -0.15) is 4.99 Å². The lowest BCUT2D eigenvalue weighted by atomic mass is 9.79. The number of thiocarbonyl (C=S) groups is 1. The van der Waals surface area contributed by atoms with Gasteiger partial charge in [0, 0.05) is 0 Å². The number of nitrogens with zero attached hydrogens (tertiary/aromatic N) is 1. The summed E-state index contributed by atoms with van der Waals surface area (Å²) >= 11 is 4.54. The highest BCUT2D eigenvalue weighted by Crippen LogP contribution is 2.37. The molecule has 2 rings (SSSR count). The van der Waals surface area contributed by atoms with Crippen LogP contribution in [-0.4, -0.2) is 5.16 Å². The Morgan fingerprint density at radius 1 is 1.28 bits per heavy atom. The molecule has 0 unspecified atom stereocenters. The van der Waals surface area contributed by atoms with E-state index in [4.69, 9.17) is 0 Å². The van der Waals surface area contributed by atoms with Crippen LogP contribution in [0.1, 0.15) is 49.7 Å². The highest BCUT2D eigenvalue weighted by atomic mass is 32.1. The first-order valence-corrected chi connectivity index (χ1v) is 6.90. The van der Waals surface area contributed by atoms with Gasteiger partial charge in [-0.15, -0.1) is 0 Å². The molecule has 0 atom stereocenters. The third kappa shape index (κ3) is 2.85. The fraction of sp³-hybridized carbons (Fsp3) is 0.533. The van der Waals surface area contributed by atoms with E-state index in [1.165, 1.54) is 12.8 Å². The first-order valence-electron chi connectivity index (χ1n) is 6.49. The van der Waals surface area contributed by atoms with E-state index in [2.05, 4.69) is 35.4 Å². The van der Waals surface area contributed by atoms with Gasteiger partial charge in [-0.3, -0.25) is 0 Å². The zero-order valence-corrected chi connectivity index (χ0v) is 11.7. The molecule has 3 heteroatoms. The molecular formula is C15H18FNS. The Kier molecular flexibility index (Phi) is 4.26. The second kappa shape index (κ2) is 5.73. The normalized spacial score (nSPS) is 23.5. The van der Waals surface area contributed by atoms with Crippen molar-refractivity contribution in [1.29, 1.82) is 0 Å². The Balaban J connectivity index is 2.27. The molecule has 0 N–H and O–H groups in total. The minimum absolute atomic E-state index is 0.277. The zero-order chi connectivity index (χ0) is 13.1. The summed E-state index contributed by atoms with van der Waals surface area (Å²) in [5.74, 6) is 1.03. The fourth-order valence-electron chi connectivity index (χ4n) is 2.78. The third-order valence-electron chi connectivity index (χ3n) is 3.92. The van der Waals surface area contributed by atoms with Gasteiger partial charge in [0.25, 0.3) is 0 Å². The van der Waals surface area contributed by atoms with E-state index >= 15 is 0 Å². The van der Waals surface area contributed by atoms with Crippen LogP contribution in [0.2, 0.25) is 0 Å². The zero-order valence-electron chi connectivity index (χ0n) is 10.9. The summed E-state index contributed by atoms with van der Waals surface area (Å²) in [6, 6.07) is 3.68. The Morgan fingerprint density at radius 2 is 1.94 bits per heavy atom. The SMILES string of the molecule is Cc1cc(C2CCC(C)CC2)cc(F)c1N=C=S. The highest BCUT2D eigenvalue weighted by molar-refractivity contribution is 7.78. The van der Waals surface area contributed by atoms with Gasteiger partial charge in [0.2, 0.25) is 0 Å². The van der Waals surface area contributed by atoms with E-state index < -0.39 is 0 Å². The van der Waals surface area contributed by atoms with Crippen LogP contribution in [0.15, 0.2) is 17.1 Å². The van der Waals surface area contributed by atoms with E-state index in [1.807, 2.05) is 6.92 Å². The minimum Gasteiger partial charge on any atom is -0.205 e. The number of halogens is 1. The maximum atomic E-state index is 13.9. The summed E-state index contributed by atoms with van der Waals surface area (Å²) < 4.78 is 13.9. The molecule has 0 aliphatic heterocycles. The second-order valence-electron chi connectivity index (χ2n) is 5.33. The van der Waals surface area contributed by atoms with Crippen molar-refractivity contribution in [3.05, 3.63) is 29.1 Å². The molecule has 0 radical (unpaired) electrons. The summed E-state index contributed by atoms with van der Waals surface area (Å²) in [6.07, 6.45) is 4.81. The van der Waals surface area contributed by atoms with E-state index in [1.54, 1.807) is 6.07 Å². The van der Waals surface area contributed by atoms with Crippen LogP contribution in [0.5, 0.6) is 0 Å². The van der Waals surface area contributed by atoms with Crippen molar-refractivity contribution >= 4 is 23.1 Å². The monoisotopic (exact) mass is 263 g/mol. The van der Waals surface area contributed by atoms with E-state index in [0.717, 1.165) is 29.9 Å². The molecule has 96 valence electrons. The number of isothiocyanates is 1. The van der Waals surface area contributed by atoms with Crippen LogP contribution >= 0.6 is 12.2 Å². The molecule has 0 saturated heterocycles. The van der Waals surface area contributed by atoms with Crippen LogP contribution in [0.25, 0.3) is 0 Å². The molecule has 18 heavy (non-hydrogen) atoms. The second-order valence-corrected chi connectivity index (χ2v) is 5.51. The number of aliphatic imine (C=N–C) groups is 1. The molecule has 1 aromatic carbocycles. The molecule has 0 amide bonds. The van der Waals surface area contributed by atoms with Gasteiger partial charge in [0.1, 0.15) is 11.5 Å². The van der Waals surface area contributed by atoms with Crippen molar-refractivity contribution in [2.24, 2.45) is 10.9 Å². The lowest BCUT2D eigenvalue weighted by molar-refractivity contribution is 0.347. The molecular weight excluding hydrogens is 245 g/mol. The van der Waals surface area contributed by atoms with Crippen LogP contribution in [0.3, 0.4) is 0 Å². The molecule has 1 fully saturated rings. The average molecular weight is 263 g/mol. The molecule has 0 spiro atoms. The quantitative estimate of drug-likeness (QED) is 0.530. The van der Waals surface area contributed by atoms with Crippen LogP contribution < -0.4 is 0 Å². The first kappa shape index (κ1) is 13.4. The smallest absolute Gasteiger partial charge is 0.150 e. The predicted octanol–water partition coefficient (Wildman–Crippen LogP) is 5.16. The van der Waals surface area contributed by atoms with Gasteiger partial charge in [0.05, 0.1) is 5.16 Å². The maximum Gasteiger partial charge on any atom is 0.150 e. The number of aryl methyl sites for hydroxylation is 1. The number of rotatable bonds is 2. The molecule has 1 aromatic rings. The first-order chi connectivity index (χ1) is 8.61. The minimum atomic E-state index is -0.277. The summed E-state index contributed by atoms with van der Waals surface area (Å²) in [4.78, 5) is 3.79. The summed E-state index contributed by atoms with van der Waals surface area (Å²) in [7, 11) is 0. The molecule has 0 bridgehead atoms. The Morgan fingerprint density at radius 3 is 2.50 bits per heavy atom. The number of hydrogen-bond donors (Lipinski definition) is 0. The number of hydrogen-bond acceptors (Lipinski definition) is 2. The summed E-state index contributed by atoms with van der Waals surface area (Å²) in [5.41, 5.74) is 2.29. The highest BCUT2D eigenvalue weighted by Gasteiger charge is 2.21. The van der Waals surface area contributed by atoms with E-state index in [-0.39, 0.29) is 5.82 Å². The molecule has 1 saturated carbocycles. The van der Waals surface area contributed by atoms with Crippen molar-refractivity contribution in [3.8, 4) is 0 Å². The van der Waals surface area contributed by atoms with Crippen LogP contribution in [-0.2, 0) is 0 Å². The Bertz CT molecular complexity index is 460. The fourth-order valence-corrected chi connectivity index (χ4v) is 2.87. The van der Waals surface area contributed by atoms with E-state index in [0.29, 0.717) is 11.6 Å². The molecule has 1 aliphatic carbocycles. The predicted molar refractivity (Wildman–Crippen MR) is 76.2 cm³/mol. The van der Waals surface area contributed by atoms with Crippen molar-refractivity contribution < 1.29 is 4.39 Å².